The van der Waals surface area contributed by atoms with Crippen LogP contribution in [0, 0.1) is 19.3 Å². The Balaban J connectivity index is -0.0000000800. The fraction of sp³-hybridized carbons (Fsp3) is 0.571. The van der Waals surface area contributed by atoms with Crippen LogP contribution in [0.5, 0.6) is 0 Å². The van der Waals surface area contributed by atoms with Crippen molar-refractivity contribution in [2.45, 2.75) is 20.8 Å². The molecule has 0 saturated heterocycles. The number of rotatable bonds is 0. The molecule has 0 saturated carbocycles. The predicted octanol–water partition coefficient (Wildman–Crippen LogP) is 1.51. The van der Waals surface area contributed by atoms with Crippen molar-refractivity contribution >= 4 is 29.3 Å². The number of aldehydes is 1. The summed E-state index contributed by atoms with van der Waals surface area (Å²) in [4.78, 5) is 8.69. The van der Waals surface area contributed by atoms with Gasteiger partial charge in [-0.05, 0) is 6.29 Å². The number of hydrogen-bond acceptors (Lipinski definition) is 1. The van der Waals surface area contributed by atoms with Crippen LogP contribution in [0.15, 0.2) is 0 Å². The van der Waals surface area contributed by atoms with Gasteiger partial charge in [0.05, 0.1) is 0 Å². The van der Waals surface area contributed by atoms with Gasteiger partial charge in [0.25, 0.3) is 0 Å². The third kappa shape index (κ3) is 3520. The minimum atomic E-state index is 0. The Labute approximate surface area is 74.4 Å². The molecular weight excluding hydrogens is 124 g/mol. The van der Waals surface area contributed by atoms with E-state index in [-0.39, 0.29) is 28.5 Å². The molecule has 50 valence electrons. The molecule has 0 atom stereocenters. The molecule has 0 unspecified atom stereocenters. The Bertz CT molecular complexity index is 48.4. The molecule has 0 bridgehead atoms. The minimum absolute atomic E-state index is 0. The van der Waals surface area contributed by atoms with Crippen molar-refractivity contribution < 1.29 is 4.79 Å². The molecule has 0 aromatic heterocycles. The van der Waals surface area contributed by atoms with Crippen LogP contribution in [0.3, 0.4) is 0 Å². The Morgan fingerprint density at radius 3 is 1.33 bits per heavy atom. The molecule has 1 nitrogen and oxygen atoms in total. The topological polar surface area (TPSA) is 17.1 Å². The fourth-order valence-corrected chi connectivity index (χ4v) is 0. The number of hydrogen-bond donors (Lipinski definition) is 0. The molecule has 0 heterocycles. The molecule has 0 spiro atoms. The predicted molar refractivity (Wildman–Crippen MR) is 42.0 cm³/mol. The maximum absolute atomic E-state index is 8.69. The molecule has 0 aliphatic heterocycles. The average molecular weight is 138 g/mol. The maximum Gasteiger partial charge on any atom is 2.00 e. The third-order valence-electron chi connectivity index (χ3n) is 0. The summed E-state index contributed by atoms with van der Waals surface area (Å²) in [7, 11) is 0. The van der Waals surface area contributed by atoms with Crippen LogP contribution in [0.1, 0.15) is 20.8 Å². The maximum atomic E-state index is 8.69. The first-order valence-electron chi connectivity index (χ1n) is 2.50. The molecule has 2 heteroatoms. The van der Waals surface area contributed by atoms with E-state index in [1.54, 1.807) is 0 Å². The molecule has 0 amide bonds. The largest absolute Gasteiger partial charge is 2.00 e. The first-order valence-corrected chi connectivity index (χ1v) is 2.50. The van der Waals surface area contributed by atoms with Crippen molar-refractivity contribution in [2.75, 3.05) is 0 Å². The van der Waals surface area contributed by atoms with Crippen LogP contribution in [0.2, 0.25) is 0 Å². The first kappa shape index (κ1) is 16.1. The van der Waals surface area contributed by atoms with Gasteiger partial charge in [-0.25, -0.2) is 0 Å². The average Bonchev–Trinajstić information content (AvgIpc) is 1.27. The summed E-state index contributed by atoms with van der Waals surface area (Å²) in [6.45, 7) is 12.8. The van der Waals surface area contributed by atoms with Crippen molar-refractivity contribution in [1.29, 1.82) is 0 Å². The van der Waals surface area contributed by atoms with E-state index in [1.165, 1.54) is 0 Å². The summed E-state index contributed by atoms with van der Waals surface area (Å²) >= 11 is 0. The van der Waals surface area contributed by atoms with Crippen LogP contribution in [-0.4, -0.2) is 29.3 Å². The van der Waals surface area contributed by atoms with Gasteiger partial charge < -0.3 is 18.6 Å². The van der Waals surface area contributed by atoms with Crippen molar-refractivity contribution in [3.05, 3.63) is 13.8 Å². The zero-order valence-electron chi connectivity index (χ0n) is 6.61. The Morgan fingerprint density at radius 1 is 1.33 bits per heavy atom. The summed E-state index contributed by atoms with van der Waals surface area (Å²) in [5.41, 5.74) is 0.250. The van der Waals surface area contributed by atoms with E-state index in [0.717, 1.165) is 0 Å². The molecule has 0 fully saturated rings. The Hall–Kier alpha value is 0.306. The second-order valence-corrected chi connectivity index (χ2v) is 2.73. The second kappa shape index (κ2) is 8.31. The second-order valence-electron chi connectivity index (χ2n) is 2.73. The zero-order chi connectivity index (χ0) is 7.21. The number of carbonyl (C=O) groups is 1. The van der Waals surface area contributed by atoms with Gasteiger partial charge in [0.2, 0.25) is 0 Å². The Kier molecular flexibility index (Phi) is 14.9. The van der Waals surface area contributed by atoms with Gasteiger partial charge in [0.1, 0.15) is 0 Å². The molecule has 0 aliphatic rings. The molecular formula is C7H14MgO. The van der Waals surface area contributed by atoms with Gasteiger partial charge in [-0.3, -0.25) is 0 Å². The van der Waals surface area contributed by atoms with E-state index in [0.29, 0.717) is 6.29 Å². The van der Waals surface area contributed by atoms with E-state index < -0.39 is 0 Å². The monoisotopic (exact) mass is 138 g/mol. The van der Waals surface area contributed by atoms with Gasteiger partial charge in [-0.15, -0.1) is 0 Å². The Morgan fingerprint density at radius 2 is 1.33 bits per heavy atom. The SMILES string of the molecule is [CH2-]C(C)(C)C.[CH2-]C=O.[Mg+2]. The van der Waals surface area contributed by atoms with Crippen LogP contribution in [0.25, 0.3) is 0 Å². The molecule has 9 heavy (non-hydrogen) atoms. The summed E-state index contributed by atoms with van der Waals surface area (Å²) in [5, 5.41) is 0. The smallest absolute Gasteiger partial charge is 0.343 e. The van der Waals surface area contributed by atoms with E-state index >= 15 is 0 Å². The molecule has 0 radical (unpaired) electrons. The first-order chi connectivity index (χ1) is 3.41. The fourth-order valence-electron chi connectivity index (χ4n) is 0. The van der Waals surface area contributed by atoms with Gasteiger partial charge in [-0.1, -0.05) is 20.8 Å². The van der Waals surface area contributed by atoms with Crippen molar-refractivity contribution in [3.8, 4) is 0 Å². The van der Waals surface area contributed by atoms with E-state index in [2.05, 4.69) is 34.6 Å². The van der Waals surface area contributed by atoms with Gasteiger partial charge in [-0.2, -0.15) is 5.41 Å². The standard InChI is InChI=1S/C5H11.C2H3O.Mg/c1-5(2,3)4;1-2-3;/h1H2,2-4H3;2H,1H2;/q2*-1;+2. The molecule has 0 rings (SSSR count). The van der Waals surface area contributed by atoms with E-state index in [9.17, 15) is 0 Å². The molecule has 0 N–H and O–H groups in total. The van der Waals surface area contributed by atoms with Crippen LogP contribution in [0.4, 0.5) is 0 Å². The summed E-state index contributed by atoms with van der Waals surface area (Å²) in [6, 6.07) is 0. The van der Waals surface area contributed by atoms with E-state index in [1.807, 2.05) is 0 Å². The summed E-state index contributed by atoms with van der Waals surface area (Å²) in [5.74, 6) is 0. The molecule has 0 aromatic rings. The van der Waals surface area contributed by atoms with Crippen molar-refractivity contribution in [3.63, 3.8) is 0 Å². The zero-order valence-corrected chi connectivity index (χ0v) is 8.02. The normalized spacial score (nSPS) is 8.00. The van der Waals surface area contributed by atoms with Gasteiger partial charge in [0, 0.05) is 0 Å². The quantitative estimate of drug-likeness (QED) is 0.282. The van der Waals surface area contributed by atoms with E-state index in [4.69, 9.17) is 4.79 Å². The molecule has 0 aliphatic carbocycles. The van der Waals surface area contributed by atoms with Crippen molar-refractivity contribution in [1.82, 2.24) is 0 Å². The van der Waals surface area contributed by atoms with Gasteiger partial charge in [0.15, 0.2) is 0 Å². The van der Waals surface area contributed by atoms with Gasteiger partial charge >= 0.3 is 23.1 Å². The molecule has 0 aromatic carbocycles. The number of carbonyl (C=O) groups excluding carboxylic acids is 1. The summed E-state index contributed by atoms with van der Waals surface area (Å²) < 4.78 is 0. The summed E-state index contributed by atoms with van der Waals surface area (Å²) in [6.07, 6.45) is 0.500. The third-order valence-corrected chi connectivity index (χ3v) is 0. The van der Waals surface area contributed by atoms with Crippen LogP contribution < -0.4 is 0 Å². The van der Waals surface area contributed by atoms with Crippen LogP contribution >= 0.6 is 0 Å². The minimum Gasteiger partial charge on any atom is -0.343 e. The van der Waals surface area contributed by atoms with Crippen molar-refractivity contribution in [2.24, 2.45) is 5.41 Å². The van der Waals surface area contributed by atoms with Crippen LogP contribution in [-0.2, 0) is 4.79 Å².